The molecular formula is C23H26N2O4. The van der Waals surface area contributed by atoms with Crippen LogP contribution in [0.1, 0.15) is 37.9 Å². The molecule has 0 aromatic heterocycles. The van der Waals surface area contributed by atoms with Gasteiger partial charge < -0.3 is 20.1 Å². The number of carbonyl (C=O) groups excluding carboxylic acids is 2. The molecule has 0 saturated heterocycles. The molecule has 6 heteroatoms. The number of carbonyl (C=O) groups is 2. The van der Waals surface area contributed by atoms with E-state index in [2.05, 4.69) is 10.6 Å². The Bertz CT molecular complexity index is 906. The summed E-state index contributed by atoms with van der Waals surface area (Å²) in [7, 11) is 0. The fourth-order valence-corrected chi connectivity index (χ4v) is 3.10. The van der Waals surface area contributed by atoms with Crippen molar-refractivity contribution < 1.29 is 19.1 Å². The van der Waals surface area contributed by atoms with E-state index < -0.39 is 12.0 Å². The Balaban J connectivity index is 1.89. The van der Waals surface area contributed by atoms with Gasteiger partial charge in [-0.25, -0.2) is 9.59 Å². The third-order valence-corrected chi connectivity index (χ3v) is 4.50. The molecule has 1 unspecified atom stereocenters. The Morgan fingerprint density at radius 2 is 1.76 bits per heavy atom. The second kappa shape index (κ2) is 9.28. The van der Waals surface area contributed by atoms with Gasteiger partial charge in [-0.1, -0.05) is 62.4 Å². The number of nitrogens with one attached hydrogen (secondary N) is 2. The molecule has 0 saturated carbocycles. The summed E-state index contributed by atoms with van der Waals surface area (Å²) in [6.07, 6.45) is 0. The molecule has 0 fully saturated rings. The Hall–Kier alpha value is -3.28. The Kier molecular flexibility index (Phi) is 6.54. The average molecular weight is 394 g/mol. The molecule has 1 heterocycles. The first kappa shape index (κ1) is 20.5. The van der Waals surface area contributed by atoms with Crippen molar-refractivity contribution in [1.29, 1.82) is 0 Å². The maximum Gasteiger partial charge on any atom is 0.338 e. The number of ether oxygens (including phenoxy) is 2. The van der Waals surface area contributed by atoms with Crippen molar-refractivity contribution in [3.63, 3.8) is 0 Å². The van der Waals surface area contributed by atoms with E-state index in [0.717, 1.165) is 5.56 Å². The van der Waals surface area contributed by atoms with Gasteiger partial charge in [0.1, 0.15) is 12.4 Å². The van der Waals surface area contributed by atoms with Crippen LogP contribution in [0.5, 0.6) is 5.75 Å². The quantitative estimate of drug-likeness (QED) is 0.694. The van der Waals surface area contributed by atoms with E-state index in [-0.39, 0.29) is 11.9 Å². The molecule has 2 aromatic rings. The molecule has 152 valence electrons. The van der Waals surface area contributed by atoms with Gasteiger partial charge in [-0.2, -0.15) is 0 Å². The molecule has 0 bridgehead atoms. The van der Waals surface area contributed by atoms with Gasteiger partial charge >= 0.3 is 12.0 Å². The van der Waals surface area contributed by atoms with Crippen LogP contribution in [0.4, 0.5) is 4.79 Å². The lowest BCUT2D eigenvalue weighted by Gasteiger charge is -2.29. The minimum atomic E-state index is -0.657. The second-order valence-electron chi connectivity index (χ2n) is 7.37. The lowest BCUT2D eigenvalue weighted by atomic mass is 9.95. The summed E-state index contributed by atoms with van der Waals surface area (Å²) in [4.78, 5) is 24.9. The van der Waals surface area contributed by atoms with E-state index in [1.54, 1.807) is 6.92 Å². The second-order valence-corrected chi connectivity index (χ2v) is 7.37. The highest BCUT2D eigenvalue weighted by molar-refractivity contribution is 5.95. The van der Waals surface area contributed by atoms with Crippen molar-refractivity contribution in [2.75, 3.05) is 6.61 Å². The number of hydrogen-bond acceptors (Lipinski definition) is 4. The number of urea groups is 1. The Labute approximate surface area is 170 Å². The Morgan fingerprint density at radius 3 is 2.48 bits per heavy atom. The summed E-state index contributed by atoms with van der Waals surface area (Å²) in [5, 5.41) is 5.49. The zero-order valence-corrected chi connectivity index (χ0v) is 16.9. The number of para-hydroxylation sites is 1. The average Bonchev–Trinajstić information content (AvgIpc) is 2.71. The van der Waals surface area contributed by atoms with Gasteiger partial charge in [0.05, 0.1) is 18.2 Å². The summed E-state index contributed by atoms with van der Waals surface area (Å²) in [5.41, 5.74) is 2.58. The van der Waals surface area contributed by atoms with Crippen molar-refractivity contribution in [3.05, 3.63) is 77.0 Å². The van der Waals surface area contributed by atoms with Gasteiger partial charge in [-0.15, -0.1) is 0 Å². The van der Waals surface area contributed by atoms with Crippen LogP contribution in [0.2, 0.25) is 0 Å². The number of amides is 2. The highest BCUT2D eigenvalue weighted by Crippen LogP contribution is 2.34. The SMILES string of the molecule is CC1=C(C(=O)OCC(C)C)C(c2ccccc2OCc2ccccc2)NC(=O)N1. The highest BCUT2D eigenvalue weighted by Gasteiger charge is 2.34. The number of allylic oxidation sites excluding steroid dienone is 1. The first-order chi connectivity index (χ1) is 14.0. The predicted octanol–water partition coefficient (Wildman–Crippen LogP) is 4.09. The van der Waals surface area contributed by atoms with Crippen LogP contribution >= 0.6 is 0 Å². The van der Waals surface area contributed by atoms with E-state index in [1.807, 2.05) is 68.4 Å². The van der Waals surface area contributed by atoms with Crippen LogP contribution in [0.15, 0.2) is 65.9 Å². The molecular weight excluding hydrogens is 368 g/mol. The van der Waals surface area contributed by atoms with Crippen molar-refractivity contribution in [2.45, 2.75) is 33.4 Å². The van der Waals surface area contributed by atoms with Crippen LogP contribution in [-0.4, -0.2) is 18.6 Å². The summed E-state index contributed by atoms with van der Waals surface area (Å²) in [6, 6.07) is 16.2. The minimum absolute atomic E-state index is 0.214. The van der Waals surface area contributed by atoms with Gasteiger partial charge in [0.25, 0.3) is 0 Å². The first-order valence-electron chi connectivity index (χ1n) is 9.66. The van der Waals surface area contributed by atoms with E-state index in [4.69, 9.17) is 9.47 Å². The maximum atomic E-state index is 12.8. The number of esters is 1. The zero-order chi connectivity index (χ0) is 20.8. The number of benzene rings is 2. The van der Waals surface area contributed by atoms with E-state index in [1.165, 1.54) is 0 Å². The normalized spacial score (nSPS) is 16.3. The monoisotopic (exact) mass is 394 g/mol. The van der Waals surface area contributed by atoms with Crippen LogP contribution < -0.4 is 15.4 Å². The predicted molar refractivity (Wildman–Crippen MR) is 110 cm³/mol. The fraction of sp³-hybridized carbons (Fsp3) is 0.304. The summed E-state index contributed by atoms with van der Waals surface area (Å²) >= 11 is 0. The van der Waals surface area contributed by atoms with Crippen LogP contribution in [-0.2, 0) is 16.1 Å². The highest BCUT2D eigenvalue weighted by atomic mass is 16.5. The topological polar surface area (TPSA) is 76.7 Å². The van der Waals surface area contributed by atoms with Gasteiger partial charge in [-0.05, 0) is 24.5 Å². The van der Waals surface area contributed by atoms with Crippen molar-refractivity contribution in [2.24, 2.45) is 5.92 Å². The molecule has 2 aromatic carbocycles. The molecule has 3 rings (SSSR count). The van der Waals surface area contributed by atoms with Gasteiger partial charge in [0.2, 0.25) is 0 Å². The van der Waals surface area contributed by atoms with Crippen LogP contribution in [0.25, 0.3) is 0 Å². The first-order valence-corrected chi connectivity index (χ1v) is 9.66. The number of rotatable bonds is 7. The molecule has 29 heavy (non-hydrogen) atoms. The van der Waals surface area contributed by atoms with Gasteiger partial charge in [-0.3, -0.25) is 0 Å². The molecule has 0 aliphatic carbocycles. The lowest BCUT2D eigenvalue weighted by molar-refractivity contribution is -0.140. The van der Waals surface area contributed by atoms with Crippen molar-refractivity contribution in [1.82, 2.24) is 10.6 Å². The molecule has 1 aliphatic heterocycles. The number of hydrogen-bond donors (Lipinski definition) is 2. The molecule has 2 N–H and O–H groups in total. The summed E-state index contributed by atoms with van der Waals surface area (Å²) < 4.78 is 11.5. The van der Waals surface area contributed by atoms with Crippen LogP contribution in [0.3, 0.4) is 0 Å². The molecule has 0 spiro atoms. The molecule has 6 nitrogen and oxygen atoms in total. The lowest BCUT2D eigenvalue weighted by Crippen LogP contribution is -2.45. The maximum absolute atomic E-state index is 12.8. The van der Waals surface area contributed by atoms with E-state index in [9.17, 15) is 9.59 Å². The smallest absolute Gasteiger partial charge is 0.338 e. The largest absolute Gasteiger partial charge is 0.489 e. The summed E-state index contributed by atoms with van der Waals surface area (Å²) in [5.74, 6) is 0.364. The summed E-state index contributed by atoms with van der Waals surface area (Å²) in [6.45, 7) is 6.33. The molecule has 0 radical (unpaired) electrons. The third-order valence-electron chi connectivity index (χ3n) is 4.50. The molecule has 2 amide bonds. The van der Waals surface area contributed by atoms with Gasteiger partial charge in [0.15, 0.2) is 0 Å². The molecule has 1 aliphatic rings. The molecule has 1 atom stereocenters. The third kappa shape index (κ3) is 5.16. The van der Waals surface area contributed by atoms with Crippen molar-refractivity contribution in [3.8, 4) is 5.75 Å². The zero-order valence-electron chi connectivity index (χ0n) is 16.9. The van der Waals surface area contributed by atoms with E-state index >= 15 is 0 Å². The fourth-order valence-electron chi connectivity index (χ4n) is 3.10. The van der Waals surface area contributed by atoms with Gasteiger partial charge in [0, 0.05) is 11.3 Å². The van der Waals surface area contributed by atoms with Crippen LogP contribution in [0, 0.1) is 5.92 Å². The standard InChI is InChI=1S/C23H26N2O4/c1-15(2)13-29-22(26)20-16(3)24-23(27)25-21(20)18-11-7-8-12-19(18)28-14-17-9-5-4-6-10-17/h4-12,15,21H,13-14H2,1-3H3,(H2,24,25,27). The van der Waals surface area contributed by atoms with E-state index in [0.29, 0.717) is 35.8 Å². The minimum Gasteiger partial charge on any atom is -0.489 e. The van der Waals surface area contributed by atoms with Crippen molar-refractivity contribution >= 4 is 12.0 Å². The Morgan fingerprint density at radius 1 is 1.07 bits per heavy atom.